The molecule has 0 radical (unpaired) electrons. The molecule has 0 aromatic heterocycles. The van der Waals surface area contributed by atoms with Gasteiger partial charge < -0.3 is 10.2 Å². The number of benzene rings is 1. The first-order valence-electron chi connectivity index (χ1n) is 8.13. The number of nitrogens with zero attached hydrogens (tertiary/aromatic N) is 2. The summed E-state index contributed by atoms with van der Waals surface area (Å²) in [5.41, 5.74) is 1.72. The average Bonchev–Trinajstić information content (AvgIpc) is 2.38. The molecule has 1 aromatic rings. The van der Waals surface area contributed by atoms with E-state index in [1.165, 1.54) is 25.2 Å². The van der Waals surface area contributed by atoms with Crippen molar-refractivity contribution >= 4 is 12.4 Å². The van der Waals surface area contributed by atoms with Crippen LogP contribution in [-0.4, -0.2) is 55.6 Å². The molecule has 22 heavy (non-hydrogen) atoms. The molecular formula is C18H32ClN3. The van der Waals surface area contributed by atoms with Gasteiger partial charge in [0.1, 0.15) is 0 Å². The van der Waals surface area contributed by atoms with Crippen molar-refractivity contribution in [1.82, 2.24) is 15.1 Å². The molecule has 1 saturated heterocycles. The first kappa shape index (κ1) is 19.4. The van der Waals surface area contributed by atoms with Gasteiger partial charge in [0.2, 0.25) is 0 Å². The van der Waals surface area contributed by atoms with Crippen molar-refractivity contribution < 1.29 is 0 Å². The third kappa shape index (κ3) is 6.66. The fourth-order valence-electron chi connectivity index (χ4n) is 3.49. The van der Waals surface area contributed by atoms with Gasteiger partial charge in [0, 0.05) is 45.3 Å². The van der Waals surface area contributed by atoms with Gasteiger partial charge in [0.15, 0.2) is 0 Å². The van der Waals surface area contributed by atoms with Gasteiger partial charge in [0.05, 0.1) is 0 Å². The highest BCUT2D eigenvalue weighted by Gasteiger charge is 2.26. The van der Waals surface area contributed by atoms with Crippen LogP contribution in [0.15, 0.2) is 30.3 Å². The van der Waals surface area contributed by atoms with Crippen LogP contribution in [0, 0.1) is 5.41 Å². The van der Waals surface area contributed by atoms with Crippen LogP contribution in [0.5, 0.6) is 0 Å². The van der Waals surface area contributed by atoms with Gasteiger partial charge in [-0.3, -0.25) is 4.90 Å². The van der Waals surface area contributed by atoms with Crippen molar-refractivity contribution in [2.75, 3.05) is 39.8 Å². The maximum atomic E-state index is 3.52. The van der Waals surface area contributed by atoms with Gasteiger partial charge in [0.25, 0.3) is 0 Å². The fourth-order valence-corrected chi connectivity index (χ4v) is 3.49. The van der Waals surface area contributed by atoms with Crippen molar-refractivity contribution in [2.24, 2.45) is 5.41 Å². The third-order valence-corrected chi connectivity index (χ3v) is 4.10. The van der Waals surface area contributed by atoms with E-state index in [4.69, 9.17) is 0 Å². The molecule has 0 saturated carbocycles. The lowest BCUT2D eigenvalue weighted by Gasteiger charge is -2.39. The van der Waals surface area contributed by atoms with E-state index in [0.29, 0.717) is 11.5 Å². The molecule has 1 aliphatic rings. The second kappa shape index (κ2) is 8.88. The minimum Gasteiger partial charge on any atom is -0.312 e. The number of hydrogen-bond acceptors (Lipinski definition) is 3. The number of hydrogen-bond donors (Lipinski definition) is 1. The Morgan fingerprint density at radius 3 is 2.59 bits per heavy atom. The van der Waals surface area contributed by atoms with Gasteiger partial charge >= 0.3 is 0 Å². The number of nitrogens with one attached hydrogen (secondary N) is 1. The lowest BCUT2D eigenvalue weighted by molar-refractivity contribution is 0.109. The standard InChI is InChI=1S/C18H31N3.ClH/c1-16-12-21(11-10-19-16)15-18(2,3)14-20(4)13-17-8-6-5-7-9-17;/h5-9,16,19H,10-15H2,1-4H3;1H. The predicted molar refractivity (Wildman–Crippen MR) is 97.7 cm³/mol. The predicted octanol–water partition coefficient (Wildman–Crippen LogP) is 2.86. The van der Waals surface area contributed by atoms with Gasteiger partial charge in [-0.1, -0.05) is 44.2 Å². The van der Waals surface area contributed by atoms with Crippen LogP contribution < -0.4 is 5.32 Å². The van der Waals surface area contributed by atoms with Gasteiger partial charge in [-0.15, -0.1) is 12.4 Å². The Kier molecular flexibility index (Phi) is 7.84. The Morgan fingerprint density at radius 1 is 1.27 bits per heavy atom. The van der Waals surface area contributed by atoms with Gasteiger partial charge in [-0.05, 0) is 24.9 Å². The van der Waals surface area contributed by atoms with E-state index in [-0.39, 0.29) is 12.4 Å². The maximum absolute atomic E-state index is 3.52. The molecule has 3 nitrogen and oxygen atoms in total. The quantitative estimate of drug-likeness (QED) is 0.867. The van der Waals surface area contributed by atoms with Crippen LogP contribution in [0.25, 0.3) is 0 Å². The number of halogens is 1. The Labute approximate surface area is 142 Å². The zero-order chi connectivity index (χ0) is 15.3. The summed E-state index contributed by atoms with van der Waals surface area (Å²) < 4.78 is 0. The molecule has 1 fully saturated rings. The summed E-state index contributed by atoms with van der Waals surface area (Å²) in [6.07, 6.45) is 0. The molecule has 126 valence electrons. The molecule has 0 spiro atoms. The van der Waals surface area contributed by atoms with Crippen molar-refractivity contribution in [3.63, 3.8) is 0 Å². The normalized spacial score (nSPS) is 20.0. The molecule has 0 aliphatic carbocycles. The van der Waals surface area contributed by atoms with Crippen LogP contribution >= 0.6 is 12.4 Å². The molecule has 1 atom stereocenters. The smallest absolute Gasteiger partial charge is 0.0230 e. The average molecular weight is 326 g/mol. The topological polar surface area (TPSA) is 18.5 Å². The molecule has 1 unspecified atom stereocenters. The Bertz CT molecular complexity index is 422. The van der Waals surface area contributed by atoms with E-state index in [1.54, 1.807) is 0 Å². The Hall–Kier alpha value is -0.610. The van der Waals surface area contributed by atoms with E-state index in [2.05, 4.69) is 73.3 Å². The highest BCUT2D eigenvalue weighted by Crippen LogP contribution is 2.20. The van der Waals surface area contributed by atoms with Crippen molar-refractivity contribution in [1.29, 1.82) is 0 Å². The zero-order valence-corrected chi connectivity index (χ0v) is 15.3. The molecule has 0 amide bonds. The van der Waals surface area contributed by atoms with Crippen LogP contribution in [0.1, 0.15) is 26.3 Å². The van der Waals surface area contributed by atoms with Crippen molar-refractivity contribution in [3.05, 3.63) is 35.9 Å². The molecule has 1 aliphatic heterocycles. The monoisotopic (exact) mass is 325 g/mol. The van der Waals surface area contributed by atoms with E-state index >= 15 is 0 Å². The number of rotatable bonds is 6. The lowest BCUT2D eigenvalue weighted by Crippen LogP contribution is -2.52. The Balaban J connectivity index is 0.00000242. The van der Waals surface area contributed by atoms with E-state index in [9.17, 15) is 0 Å². The molecule has 2 rings (SSSR count). The molecule has 4 heteroatoms. The minimum atomic E-state index is 0. The maximum Gasteiger partial charge on any atom is 0.0230 e. The van der Waals surface area contributed by atoms with Gasteiger partial charge in [-0.2, -0.15) is 0 Å². The second-order valence-electron chi connectivity index (χ2n) is 7.41. The highest BCUT2D eigenvalue weighted by molar-refractivity contribution is 5.85. The molecule has 1 aromatic carbocycles. The summed E-state index contributed by atoms with van der Waals surface area (Å²) in [6, 6.07) is 11.4. The SMILES string of the molecule is CC1CN(CC(C)(C)CN(C)Cc2ccccc2)CCN1.Cl. The summed E-state index contributed by atoms with van der Waals surface area (Å²) in [6.45, 7) is 13.9. The van der Waals surface area contributed by atoms with Crippen LogP contribution in [0.2, 0.25) is 0 Å². The minimum absolute atomic E-state index is 0. The first-order chi connectivity index (χ1) is 9.94. The Morgan fingerprint density at radius 2 is 1.95 bits per heavy atom. The molecular weight excluding hydrogens is 294 g/mol. The molecule has 1 N–H and O–H groups in total. The van der Waals surface area contributed by atoms with Crippen molar-refractivity contribution in [2.45, 2.75) is 33.4 Å². The largest absolute Gasteiger partial charge is 0.312 e. The summed E-state index contributed by atoms with van der Waals surface area (Å²) in [7, 11) is 2.23. The lowest BCUT2D eigenvalue weighted by atomic mass is 9.91. The second-order valence-corrected chi connectivity index (χ2v) is 7.41. The summed E-state index contributed by atoms with van der Waals surface area (Å²) >= 11 is 0. The summed E-state index contributed by atoms with van der Waals surface area (Å²) in [5, 5.41) is 3.52. The third-order valence-electron chi connectivity index (χ3n) is 4.10. The van der Waals surface area contributed by atoms with Gasteiger partial charge in [-0.25, -0.2) is 0 Å². The van der Waals surface area contributed by atoms with E-state index < -0.39 is 0 Å². The molecule has 1 heterocycles. The first-order valence-corrected chi connectivity index (χ1v) is 8.13. The van der Waals surface area contributed by atoms with Crippen LogP contribution in [0.4, 0.5) is 0 Å². The highest BCUT2D eigenvalue weighted by atomic mass is 35.5. The number of piperazine rings is 1. The fraction of sp³-hybridized carbons (Fsp3) is 0.667. The van der Waals surface area contributed by atoms with E-state index in [0.717, 1.165) is 19.6 Å². The van der Waals surface area contributed by atoms with Crippen LogP contribution in [-0.2, 0) is 6.54 Å². The zero-order valence-electron chi connectivity index (χ0n) is 14.5. The van der Waals surface area contributed by atoms with Crippen molar-refractivity contribution in [3.8, 4) is 0 Å². The summed E-state index contributed by atoms with van der Waals surface area (Å²) in [5.74, 6) is 0. The van der Waals surface area contributed by atoms with E-state index in [1.807, 2.05) is 0 Å². The molecule has 0 bridgehead atoms. The van der Waals surface area contributed by atoms with Crippen LogP contribution in [0.3, 0.4) is 0 Å². The summed E-state index contributed by atoms with van der Waals surface area (Å²) in [4.78, 5) is 5.05.